The van der Waals surface area contributed by atoms with Gasteiger partial charge in [-0.1, -0.05) is 29.3 Å². The fourth-order valence-corrected chi connectivity index (χ4v) is 2.19. The van der Waals surface area contributed by atoms with Crippen molar-refractivity contribution in [2.24, 2.45) is 0 Å². The van der Waals surface area contributed by atoms with Crippen LogP contribution in [0.2, 0.25) is 5.02 Å². The minimum Gasteiger partial charge on any atom is -0.491 e. The Labute approximate surface area is 141 Å². The predicted octanol–water partition coefficient (Wildman–Crippen LogP) is 3.53. The first kappa shape index (κ1) is 17.2. The standard InChI is InChI=1S/C18H20ClNO3/c1-13-3-6-16(7-4-13)23-12-18(21)20-9-10-22-17-8-5-15(19)11-14(17)2/h3-8,11H,9-10,12H2,1-2H3,(H,20,21). The molecule has 0 aliphatic rings. The molecule has 122 valence electrons. The summed E-state index contributed by atoms with van der Waals surface area (Å²) in [5.74, 6) is 1.26. The summed E-state index contributed by atoms with van der Waals surface area (Å²) in [5, 5.41) is 3.43. The van der Waals surface area contributed by atoms with Crippen molar-refractivity contribution in [3.8, 4) is 11.5 Å². The predicted molar refractivity (Wildman–Crippen MR) is 91.4 cm³/mol. The van der Waals surface area contributed by atoms with Crippen LogP contribution in [0.25, 0.3) is 0 Å². The first-order valence-electron chi connectivity index (χ1n) is 7.40. The summed E-state index contributed by atoms with van der Waals surface area (Å²) in [6, 6.07) is 13.0. The Morgan fingerprint density at radius 1 is 1.09 bits per heavy atom. The van der Waals surface area contributed by atoms with Crippen molar-refractivity contribution < 1.29 is 14.3 Å². The summed E-state index contributed by atoms with van der Waals surface area (Å²) in [7, 11) is 0. The molecule has 0 unspecified atom stereocenters. The average Bonchev–Trinajstić information content (AvgIpc) is 2.52. The van der Waals surface area contributed by atoms with Crippen LogP contribution < -0.4 is 14.8 Å². The van der Waals surface area contributed by atoms with E-state index in [0.717, 1.165) is 16.9 Å². The van der Waals surface area contributed by atoms with Crippen LogP contribution in [0.5, 0.6) is 11.5 Å². The fourth-order valence-electron chi connectivity index (χ4n) is 1.96. The Morgan fingerprint density at radius 2 is 1.83 bits per heavy atom. The van der Waals surface area contributed by atoms with E-state index >= 15 is 0 Å². The van der Waals surface area contributed by atoms with Crippen molar-refractivity contribution in [3.05, 3.63) is 58.6 Å². The maximum Gasteiger partial charge on any atom is 0.258 e. The zero-order valence-corrected chi connectivity index (χ0v) is 14.0. The smallest absolute Gasteiger partial charge is 0.258 e. The topological polar surface area (TPSA) is 47.6 Å². The van der Waals surface area contributed by atoms with Gasteiger partial charge in [-0.3, -0.25) is 4.79 Å². The van der Waals surface area contributed by atoms with Gasteiger partial charge in [0.05, 0.1) is 6.54 Å². The number of amides is 1. The summed E-state index contributed by atoms with van der Waals surface area (Å²) in [6.45, 7) is 4.72. The summed E-state index contributed by atoms with van der Waals surface area (Å²) in [4.78, 5) is 11.7. The van der Waals surface area contributed by atoms with Gasteiger partial charge in [0.2, 0.25) is 0 Å². The average molecular weight is 334 g/mol. The van der Waals surface area contributed by atoms with E-state index in [1.54, 1.807) is 6.07 Å². The number of carbonyl (C=O) groups excluding carboxylic acids is 1. The Kier molecular flexibility index (Phi) is 6.29. The highest BCUT2D eigenvalue weighted by atomic mass is 35.5. The summed E-state index contributed by atoms with van der Waals surface area (Å²) >= 11 is 5.89. The van der Waals surface area contributed by atoms with Crippen LogP contribution in [-0.2, 0) is 4.79 Å². The third kappa shape index (κ3) is 5.83. The normalized spacial score (nSPS) is 10.2. The molecule has 2 aromatic carbocycles. The minimum absolute atomic E-state index is 0.0109. The lowest BCUT2D eigenvalue weighted by molar-refractivity contribution is -0.123. The van der Waals surface area contributed by atoms with E-state index in [9.17, 15) is 4.79 Å². The van der Waals surface area contributed by atoms with E-state index < -0.39 is 0 Å². The van der Waals surface area contributed by atoms with Crippen molar-refractivity contribution in [2.45, 2.75) is 13.8 Å². The van der Waals surface area contributed by atoms with Crippen molar-refractivity contribution in [3.63, 3.8) is 0 Å². The van der Waals surface area contributed by atoms with Gasteiger partial charge in [0.1, 0.15) is 18.1 Å². The van der Waals surface area contributed by atoms with Crippen LogP contribution >= 0.6 is 11.6 Å². The molecular formula is C18H20ClNO3. The van der Waals surface area contributed by atoms with Gasteiger partial charge in [0, 0.05) is 5.02 Å². The monoisotopic (exact) mass is 333 g/mol. The first-order valence-corrected chi connectivity index (χ1v) is 7.77. The van der Waals surface area contributed by atoms with Gasteiger partial charge < -0.3 is 14.8 Å². The molecular weight excluding hydrogens is 314 g/mol. The lowest BCUT2D eigenvalue weighted by atomic mass is 10.2. The number of benzene rings is 2. The van der Waals surface area contributed by atoms with E-state index in [1.165, 1.54) is 0 Å². The molecule has 0 aromatic heterocycles. The van der Waals surface area contributed by atoms with E-state index in [4.69, 9.17) is 21.1 Å². The molecule has 0 atom stereocenters. The second kappa shape index (κ2) is 8.44. The van der Waals surface area contributed by atoms with Gasteiger partial charge in [-0.25, -0.2) is 0 Å². The molecule has 2 aromatic rings. The van der Waals surface area contributed by atoms with E-state index in [1.807, 2.05) is 50.2 Å². The zero-order valence-electron chi connectivity index (χ0n) is 13.3. The van der Waals surface area contributed by atoms with Gasteiger partial charge >= 0.3 is 0 Å². The number of hydrogen-bond acceptors (Lipinski definition) is 3. The molecule has 5 heteroatoms. The summed E-state index contributed by atoms with van der Waals surface area (Å²) in [5.41, 5.74) is 2.11. The van der Waals surface area contributed by atoms with Crippen molar-refractivity contribution in [2.75, 3.05) is 19.8 Å². The van der Waals surface area contributed by atoms with Crippen molar-refractivity contribution in [1.29, 1.82) is 0 Å². The third-order valence-electron chi connectivity index (χ3n) is 3.21. The van der Waals surface area contributed by atoms with Crippen LogP contribution in [0, 0.1) is 13.8 Å². The molecule has 0 fully saturated rings. The molecule has 0 aliphatic heterocycles. The number of hydrogen-bond donors (Lipinski definition) is 1. The van der Waals surface area contributed by atoms with Gasteiger partial charge in [0.15, 0.2) is 6.61 Å². The Morgan fingerprint density at radius 3 is 2.52 bits per heavy atom. The molecule has 2 rings (SSSR count). The molecule has 0 radical (unpaired) electrons. The number of aryl methyl sites for hydroxylation is 2. The summed E-state index contributed by atoms with van der Waals surface area (Å²) < 4.78 is 11.0. The van der Waals surface area contributed by atoms with Crippen LogP contribution in [0.1, 0.15) is 11.1 Å². The lowest BCUT2D eigenvalue weighted by Crippen LogP contribution is -2.32. The van der Waals surface area contributed by atoms with E-state index in [0.29, 0.717) is 23.9 Å². The number of ether oxygens (including phenoxy) is 2. The van der Waals surface area contributed by atoms with E-state index in [-0.39, 0.29) is 12.5 Å². The highest BCUT2D eigenvalue weighted by molar-refractivity contribution is 6.30. The third-order valence-corrected chi connectivity index (χ3v) is 3.44. The molecule has 0 bridgehead atoms. The zero-order chi connectivity index (χ0) is 16.7. The maximum atomic E-state index is 11.7. The second-order valence-electron chi connectivity index (χ2n) is 5.21. The Balaban J connectivity index is 1.65. The van der Waals surface area contributed by atoms with E-state index in [2.05, 4.69) is 5.32 Å². The first-order chi connectivity index (χ1) is 11.0. The molecule has 1 N–H and O–H groups in total. The Bertz CT molecular complexity index is 656. The number of nitrogens with one attached hydrogen (secondary N) is 1. The second-order valence-corrected chi connectivity index (χ2v) is 5.65. The molecule has 23 heavy (non-hydrogen) atoms. The fraction of sp³-hybridized carbons (Fsp3) is 0.278. The molecule has 0 aliphatic carbocycles. The van der Waals surface area contributed by atoms with Gasteiger partial charge in [-0.2, -0.15) is 0 Å². The molecule has 0 spiro atoms. The molecule has 0 saturated heterocycles. The molecule has 4 nitrogen and oxygen atoms in total. The lowest BCUT2D eigenvalue weighted by Gasteiger charge is -2.10. The van der Waals surface area contributed by atoms with Crippen LogP contribution in [-0.4, -0.2) is 25.7 Å². The van der Waals surface area contributed by atoms with Gasteiger partial charge in [-0.15, -0.1) is 0 Å². The molecule has 0 heterocycles. The maximum absolute atomic E-state index is 11.7. The number of halogens is 1. The number of rotatable bonds is 7. The largest absolute Gasteiger partial charge is 0.491 e. The van der Waals surface area contributed by atoms with Crippen LogP contribution in [0.15, 0.2) is 42.5 Å². The van der Waals surface area contributed by atoms with Crippen molar-refractivity contribution >= 4 is 17.5 Å². The quantitative estimate of drug-likeness (QED) is 0.788. The highest BCUT2D eigenvalue weighted by Crippen LogP contribution is 2.21. The SMILES string of the molecule is Cc1ccc(OCC(=O)NCCOc2ccc(Cl)cc2C)cc1. The number of carbonyl (C=O) groups is 1. The van der Waals surface area contributed by atoms with Gasteiger partial charge in [-0.05, 0) is 49.7 Å². The molecule has 0 saturated carbocycles. The van der Waals surface area contributed by atoms with Gasteiger partial charge in [0.25, 0.3) is 5.91 Å². The van der Waals surface area contributed by atoms with Crippen LogP contribution in [0.3, 0.4) is 0 Å². The summed E-state index contributed by atoms with van der Waals surface area (Å²) in [6.07, 6.45) is 0. The molecule has 1 amide bonds. The van der Waals surface area contributed by atoms with Crippen LogP contribution in [0.4, 0.5) is 0 Å². The Hall–Kier alpha value is -2.20. The van der Waals surface area contributed by atoms with Crippen molar-refractivity contribution in [1.82, 2.24) is 5.32 Å². The highest BCUT2D eigenvalue weighted by Gasteiger charge is 2.04. The minimum atomic E-state index is -0.179.